The predicted molar refractivity (Wildman–Crippen MR) is 190 cm³/mol. The van der Waals surface area contributed by atoms with Gasteiger partial charge in [-0.15, -0.1) is 0 Å². The quantitative estimate of drug-likeness (QED) is 0.0749. The maximum absolute atomic E-state index is 12.3. The summed E-state index contributed by atoms with van der Waals surface area (Å²) >= 11 is 0. The number of carbonyl (C=O) groups excluding carboxylic acids is 1. The Morgan fingerprint density at radius 2 is 1.10 bits per heavy atom. The van der Waals surface area contributed by atoms with Crippen molar-refractivity contribution in [1.82, 2.24) is 0 Å². The lowest BCUT2D eigenvalue weighted by atomic mass is 10.0. The molecule has 0 radical (unpaired) electrons. The smallest absolute Gasteiger partial charge is 0.343 e. The van der Waals surface area contributed by atoms with E-state index in [1.807, 2.05) is 42.5 Å². The Morgan fingerprint density at radius 3 is 1.70 bits per heavy atom. The number of benzene rings is 6. The van der Waals surface area contributed by atoms with E-state index in [0.29, 0.717) is 40.9 Å². The molecule has 2 unspecified atom stereocenters. The molecule has 0 spiro atoms. The van der Waals surface area contributed by atoms with Crippen molar-refractivity contribution in [2.75, 3.05) is 19.8 Å². The molecule has 2 aliphatic heterocycles. The number of esters is 1. The van der Waals surface area contributed by atoms with Crippen LogP contribution in [0.15, 0.2) is 121 Å². The van der Waals surface area contributed by atoms with Crippen molar-refractivity contribution in [2.45, 2.75) is 18.6 Å². The Kier molecular flexibility index (Phi) is 9.49. The summed E-state index contributed by atoms with van der Waals surface area (Å²) in [7, 11) is 0. The minimum absolute atomic E-state index is 0.191. The molecular formula is C43H30N2O5. The summed E-state index contributed by atoms with van der Waals surface area (Å²) in [5, 5.41) is 21.9. The zero-order valence-corrected chi connectivity index (χ0v) is 27.0. The highest BCUT2D eigenvalue weighted by Crippen LogP contribution is 2.24. The van der Waals surface area contributed by atoms with E-state index >= 15 is 0 Å². The number of rotatable bonds is 7. The van der Waals surface area contributed by atoms with E-state index in [9.17, 15) is 4.79 Å². The van der Waals surface area contributed by atoms with Crippen LogP contribution in [0.5, 0.6) is 11.5 Å². The third kappa shape index (κ3) is 8.53. The largest absolute Gasteiger partial charge is 0.491 e. The predicted octanol–water partition coefficient (Wildman–Crippen LogP) is 7.76. The third-order valence-corrected chi connectivity index (χ3v) is 8.22. The van der Waals surface area contributed by atoms with Crippen LogP contribution in [-0.2, 0) is 15.9 Å². The summed E-state index contributed by atoms with van der Waals surface area (Å²) in [6.07, 6.45) is 1.60. The van der Waals surface area contributed by atoms with Crippen molar-refractivity contribution in [1.29, 1.82) is 10.5 Å². The number of hydrogen-bond acceptors (Lipinski definition) is 7. The topological polar surface area (TPSA) is 108 Å². The van der Waals surface area contributed by atoms with E-state index in [0.717, 1.165) is 52.3 Å². The van der Waals surface area contributed by atoms with Crippen LogP contribution < -0.4 is 9.47 Å². The molecule has 0 aliphatic carbocycles. The van der Waals surface area contributed by atoms with Gasteiger partial charge in [-0.3, -0.25) is 0 Å². The first-order chi connectivity index (χ1) is 24.5. The zero-order chi connectivity index (χ0) is 34.3. The van der Waals surface area contributed by atoms with Crippen molar-refractivity contribution in [3.63, 3.8) is 0 Å². The number of hydrogen-bond donors (Lipinski definition) is 0. The van der Waals surface area contributed by atoms with Crippen molar-refractivity contribution >= 4 is 27.5 Å². The molecule has 50 heavy (non-hydrogen) atoms. The number of nitriles is 2. The van der Waals surface area contributed by atoms with E-state index < -0.39 is 5.97 Å². The molecule has 6 aromatic rings. The van der Waals surface area contributed by atoms with Gasteiger partial charge in [0, 0.05) is 17.5 Å². The van der Waals surface area contributed by atoms with Crippen LogP contribution in [0, 0.1) is 34.5 Å². The van der Waals surface area contributed by atoms with Gasteiger partial charge in [0.1, 0.15) is 24.2 Å². The second-order valence-electron chi connectivity index (χ2n) is 12.0. The van der Waals surface area contributed by atoms with Crippen LogP contribution in [-0.4, -0.2) is 38.0 Å². The molecule has 0 N–H and O–H groups in total. The molecule has 0 bridgehead atoms. The molecule has 7 nitrogen and oxygen atoms in total. The fourth-order valence-corrected chi connectivity index (χ4v) is 5.27. The van der Waals surface area contributed by atoms with E-state index in [1.165, 1.54) is 5.56 Å². The second-order valence-corrected chi connectivity index (χ2v) is 12.0. The molecule has 2 fully saturated rings. The summed E-state index contributed by atoms with van der Waals surface area (Å²) in [4.78, 5) is 12.3. The molecule has 242 valence electrons. The maximum Gasteiger partial charge on any atom is 0.343 e. The second kappa shape index (κ2) is 14.8. The first-order valence-electron chi connectivity index (χ1n) is 16.2. The van der Waals surface area contributed by atoms with Gasteiger partial charge in [0.15, 0.2) is 0 Å². The Balaban J connectivity index is 0.000000157. The van der Waals surface area contributed by atoms with Gasteiger partial charge in [0.05, 0.1) is 48.1 Å². The Bertz CT molecular complexity index is 2330. The Morgan fingerprint density at radius 1 is 0.600 bits per heavy atom. The minimum atomic E-state index is -0.435. The fourth-order valence-electron chi connectivity index (χ4n) is 5.27. The normalized spacial score (nSPS) is 15.3. The zero-order valence-electron chi connectivity index (χ0n) is 27.0. The van der Waals surface area contributed by atoms with Crippen molar-refractivity contribution in [3.05, 3.63) is 155 Å². The van der Waals surface area contributed by atoms with E-state index in [-0.39, 0.29) is 6.10 Å². The highest BCUT2D eigenvalue weighted by Gasteiger charge is 2.23. The SMILES string of the molecule is N#Cc1ccc2cc(C#Cc3ccc(CC4CO4)cc3)ccc2c1.N#Cc1ccc2cc(OC(=O)c3ccc(OCC4CO4)cc3)ccc2c1. The number of carbonyl (C=O) groups is 1. The summed E-state index contributed by atoms with van der Waals surface area (Å²) in [6.45, 7) is 2.15. The van der Waals surface area contributed by atoms with E-state index in [2.05, 4.69) is 54.3 Å². The fraction of sp³-hybridized carbons (Fsp3) is 0.140. The lowest BCUT2D eigenvalue weighted by molar-refractivity contribution is 0.0735. The first kappa shape index (κ1) is 32.1. The van der Waals surface area contributed by atoms with Gasteiger partial charge in [0.25, 0.3) is 0 Å². The lowest BCUT2D eigenvalue weighted by Crippen LogP contribution is -2.09. The highest BCUT2D eigenvalue weighted by atomic mass is 16.6. The van der Waals surface area contributed by atoms with Gasteiger partial charge in [-0.25, -0.2) is 4.79 Å². The molecule has 0 aromatic heterocycles. The van der Waals surface area contributed by atoms with Crippen molar-refractivity contribution in [3.8, 4) is 35.5 Å². The van der Waals surface area contributed by atoms with Crippen LogP contribution in [0.3, 0.4) is 0 Å². The molecule has 7 heteroatoms. The number of fused-ring (bicyclic) bond motifs is 2. The number of nitrogens with zero attached hydrogens (tertiary/aromatic N) is 2. The molecule has 0 amide bonds. The average molecular weight is 655 g/mol. The van der Waals surface area contributed by atoms with E-state index in [1.54, 1.807) is 48.5 Å². The van der Waals surface area contributed by atoms with E-state index in [4.69, 9.17) is 29.5 Å². The minimum Gasteiger partial charge on any atom is -0.491 e. The summed E-state index contributed by atoms with van der Waals surface area (Å²) in [5.74, 6) is 7.14. The summed E-state index contributed by atoms with van der Waals surface area (Å²) in [6, 6.07) is 41.9. The van der Waals surface area contributed by atoms with Gasteiger partial charge in [0.2, 0.25) is 0 Å². The molecule has 0 saturated carbocycles. The first-order valence-corrected chi connectivity index (χ1v) is 16.2. The molecule has 2 atom stereocenters. The van der Waals surface area contributed by atoms with Crippen molar-refractivity contribution < 1.29 is 23.7 Å². The van der Waals surface area contributed by atoms with Crippen molar-refractivity contribution in [2.24, 2.45) is 0 Å². The lowest BCUT2D eigenvalue weighted by Gasteiger charge is -2.07. The average Bonchev–Trinajstić information content (AvgIpc) is 4.11. The van der Waals surface area contributed by atoms with Gasteiger partial charge in [-0.2, -0.15) is 10.5 Å². The molecular weight excluding hydrogens is 624 g/mol. The standard InChI is InChI=1S/C22H15NO.C21H15NO4/c23-14-19-8-10-20-11-17(7-9-21(20)12-19)4-1-16-2-5-18(6-3-16)13-22-15-24-22;22-11-14-1-2-17-10-19(8-5-16(17)9-14)26-21(23)15-3-6-18(7-4-15)24-12-20-13-25-20/h2-3,5-12,22H,13,15H2;1-10,20H,12-13H2. The Hall–Kier alpha value is -6.43. The van der Waals surface area contributed by atoms with Crippen LogP contribution in [0.4, 0.5) is 0 Å². The van der Waals surface area contributed by atoms with Gasteiger partial charge in [-0.1, -0.05) is 48.2 Å². The monoisotopic (exact) mass is 654 g/mol. The van der Waals surface area contributed by atoms with Crippen LogP contribution in [0.1, 0.15) is 38.2 Å². The molecule has 8 rings (SSSR count). The highest BCUT2D eigenvalue weighted by molar-refractivity contribution is 5.92. The van der Waals surface area contributed by atoms with Crippen LogP contribution >= 0.6 is 0 Å². The number of ether oxygens (including phenoxy) is 4. The maximum atomic E-state index is 12.3. The van der Waals surface area contributed by atoms with Gasteiger partial charge >= 0.3 is 5.97 Å². The number of epoxide rings is 2. The summed E-state index contributed by atoms with van der Waals surface area (Å²) in [5.41, 5.74) is 5.00. The van der Waals surface area contributed by atoms with Gasteiger partial charge < -0.3 is 18.9 Å². The van der Waals surface area contributed by atoms with Gasteiger partial charge in [-0.05, 0) is 112 Å². The summed E-state index contributed by atoms with van der Waals surface area (Å²) < 4.78 is 21.3. The Labute approximate surface area is 289 Å². The molecule has 2 aliphatic rings. The van der Waals surface area contributed by atoms with Crippen LogP contribution in [0.25, 0.3) is 21.5 Å². The molecule has 2 saturated heterocycles. The molecule has 6 aromatic carbocycles. The molecule has 2 heterocycles. The van der Waals surface area contributed by atoms with Crippen LogP contribution in [0.2, 0.25) is 0 Å². The third-order valence-electron chi connectivity index (χ3n) is 8.22.